The average molecular weight is 185 g/mol. The van der Waals surface area contributed by atoms with Crippen molar-refractivity contribution in [1.82, 2.24) is 9.80 Å². The van der Waals surface area contributed by atoms with Crippen molar-refractivity contribution < 1.29 is 4.79 Å². The van der Waals surface area contributed by atoms with Crippen molar-refractivity contribution in [2.75, 3.05) is 33.2 Å². The summed E-state index contributed by atoms with van der Waals surface area (Å²) in [6, 6.07) is 0.311. The summed E-state index contributed by atoms with van der Waals surface area (Å²) >= 11 is 0. The Bertz CT molecular complexity index is 184. The quantitative estimate of drug-likeness (QED) is 0.645. The molecule has 1 amide bonds. The molecule has 0 radical (unpaired) electrons. The van der Waals surface area contributed by atoms with Gasteiger partial charge in [-0.15, -0.1) is 0 Å². The molecule has 0 spiro atoms. The molecule has 4 nitrogen and oxygen atoms in total. The normalized spacial score (nSPS) is 25.3. The highest BCUT2D eigenvalue weighted by Gasteiger charge is 2.27. The zero-order valence-electron chi connectivity index (χ0n) is 8.49. The zero-order valence-corrected chi connectivity index (χ0v) is 8.49. The molecule has 1 rings (SSSR count). The number of piperazine rings is 1. The third kappa shape index (κ3) is 2.42. The van der Waals surface area contributed by atoms with Gasteiger partial charge in [0.15, 0.2) is 0 Å². The molecule has 0 aromatic carbocycles. The topological polar surface area (TPSA) is 49.6 Å². The van der Waals surface area contributed by atoms with E-state index in [1.807, 2.05) is 11.9 Å². The van der Waals surface area contributed by atoms with Crippen LogP contribution in [0.5, 0.6) is 0 Å². The molecule has 1 aliphatic rings. The van der Waals surface area contributed by atoms with Crippen LogP contribution in [0.1, 0.15) is 13.3 Å². The molecule has 1 atom stereocenters. The van der Waals surface area contributed by atoms with Crippen LogP contribution in [0.25, 0.3) is 0 Å². The number of rotatable bonds is 3. The molecule has 0 aromatic rings. The summed E-state index contributed by atoms with van der Waals surface area (Å²) in [4.78, 5) is 15.5. The van der Waals surface area contributed by atoms with Gasteiger partial charge in [-0.3, -0.25) is 9.69 Å². The Labute approximate surface area is 79.7 Å². The molecule has 0 aliphatic carbocycles. The van der Waals surface area contributed by atoms with Crippen LogP contribution < -0.4 is 5.73 Å². The van der Waals surface area contributed by atoms with Crippen LogP contribution in [0, 0.1) is 0 Å². The Morgan fingerprint density at radius 3 is 2.85 bits per heavy atom. The molecule has 1 saturated heterocycles. The van der Waals surface area contributed by atoms with Gasteiger partial charge in [0.1, 0.15) is 0 Å². The van der Waals surface area contributed by atoms with Gasteiger partial charge in [0, 0.05) is 19.6 Å². The summed E-state index contributed by atoms with van der Waals surface area (Å²) < 4.78 is 0. The highest BCUT2D eigenvalue weighted by Crippen LogP contribution is 2.10. The summed E-state index contributed by atoms with van der Waals surface area (Å²) in [7, 11) is 1.87. The fourth-order valence-corrected chi connectivity index (χ4v) is 1.71. The van der Waals surface area contributed by atoms with Crippen LogP contribution in [-0.2, 0) is 4.79 Å². The van der Waals surface area contributed by atoms with Gasteiger partial charge >= 0.3 is 0 Å². The minimum absolute atomic E-state index is 0.214. The molecule has 4 heteroatoms. The molecule has 0 aromatic heterocycles. The first-order chi connectivity index (χ1) is 6.19. The first-order valence-electron chi connectivity index (χ1n) is 4.87. The number of likely N-dealkylation sites (N-methyl/N-ethyl adjacent to an activating group) is 2. The van der Waals surface area contributed by atoms with E-state index >= 15 is 0 Å². The van der Waals surface area contributed by atoms with Crippen molar-refractivity contribution in [2.45, 2.75) is 19.4 Å². The number of nitrogens with zero attached hydrogens (tertiary/aromatic N) is 2. The van der Waals surface area contributed by atoms with Crippen LogP contribution in [0.4, 0.5) is 0 Å². The van der Waals surface area contributed by atoms with Crippen LogP contribution in [-0.4, -0.2) is 55.0 Å². The molecule has 1 fully saturated rings. The third-order valence-electron chi connectivity index (χ3n) is 2.72. The molecule has 1 heterocycles. The van der Waals surface area contributed by atoms with Crippen LogP contribution in [0.15, 0.2) is 0 Å². The van der Waals surface area contributed by atoms with E-state index in [1.165, 1.54) is 0 Å². The second kappa shape index (κ2) is 4.58. The summed E-state index contributed by atoms with van der Waals surface area (Å²) in [6.45, 7) is 5.21. The van der Waals surface area contributed by atoms with E-state index in [2.05, 4.69) is 11.8 Å². The van der Waals surface area contributed by atoms with Crippen LogP contribution in [0.2, 0.25) is 0 Å². The third-order valence-corrected chi connectivity index (χ3v) is 2.72. The lowest BCUT2D eigenvalue weighted by Crippen LogP contribution is -2.55. The standard InChI is InChI=1S/C9H19N3O/c1-3-12-6-8(4-5-10)11(2)9(13)7-12/h8H,3-7,10H2,1-2H3. The highest BCUT2D eigenvalue weighted by atomic mass is 16.2. The van der Waals surface area contributed by atoms with Gasteiger partial charge in [-0.1, -0.05) is 6.92 Å². The van der Waals surface area contributed by atoms with Crippen molar-refractivity contribution in [3.8, 4) is 0 Å². The van der Waals surface area contributed by atoms with Gasteiger partial charge in [0.05, 0.1) is 6.54 Å². The average Bonchev–Trinajstić information content (AvgIpc) is 2.13. The fourth-order valence-electron chi connectivity index (χ4n) is 1.71. The van der Waals surface area contributed by atoms with E-state index in [-0.39, 0.29) is 5.91 Å². The van der Waals surface area contributed by atoms with E-state index in [0.29, 0.717) is 19.1 Å². The van der Waals surface area contributed by atoms with Gasteiger partial charge in [-0.25, -0.2) is 0 Å². The molecule has 2 N–H and O–H groups in total. The van der Waals surface area contributed by atoms with E-state index in [9.17, 15) is 4.79 Å². The summed E-state index contributed by atoms with van der Waals surface area (Å²) in [5.41, 5.74) is 5.50. The smallest absolute Gasteiger partial charge is 0.236 e. The molecule has 0 bridgehead atoms. The van der Waals surface area contributed by atoms with Gasteiger partial charge in [0.2, 0.25) is 5.91 Å². The Morgan fingerprint density at radius 2 is 2.31 bits per heavy atom. The van der Waals surface area contributed by atoms with Gasteiger partial charge in [0.25, 0.3) is 0 Å². The number of hydrogen-bond acceptors (Lipinski definition) is 3. The monoisotopic (exact) mass is 185 g/mol. The van der Waals surface area contributed by atoms with E-state index < -0.39 is 0 Å². The maximum atomic E-state index is 11.5. The molecular formula is C9H19N3O. The largest absolute Gasteiger partial charge is 0.340 e. The first-order valence-corrected chi connectivity index (χ1v) is 4.87. The highest BCUT2D eigenvalue weighted by molar-refractivity contribution is 5.79. The number of hydrogen-bond donors (Lipinski definition) is 1. The summed E-state index contributed by atoms with van der Waals surface area (Å²) in [5.74, 6) is 0.214. The Hall–Kier alpha value is -0.610. The lowest BCUT2D eigenvalue weighted by atomic mass is 10.1. The molecular weight excluding hydrogens is 166 g/mol. The van der Waals surface area contributed by atoms with Gasteiger partial charge in [-0.2, -0.15) is 0 Å². The minimum Gasteiger partial charge on any atom is -0.340 e. The van der Waals surface area contributed by atoms with E-state index in [4.69, 9.17) is 5.73 Å². The summed E-state index contributed by atoms with van der Waals surface area (Å²) in [5, 5.41) is 0. The predicted octanol–water partition coefficient (Wildman–Crippen LogP) is -0.502. The molecule has 1 unspecified atom stereocenters. The number of amides is 1. The SMILES string of the molecule is CCN1CC(=O)N(C)C(CCN)C1. The first kappa shape index (κ1) is 10.5. The lowest BCUT2D eigenvalue weighted by molar-refractivity contribution is -0.137. The van der Waals surface area contributed by atoms with Crippen molar-refractivity contribution in [2.24, 2.45) is 5.73 Å². The second-order valence-electron chi connectivity index (χ2n) is 3.56. The summed E-state index contributed by atoms with van der Waals surface area (Å²) in [6.07, 6.45) is 0.902. The van der Waals surface area contributed by atoms with Crippen molar-refractivity contribution >= 4 is 5.91 Å². The van der Waals surface area contributed by atoms with Gasteiger partial charge in [-0.05, 0) is 19.5 Å². The zero-order chi connectivity index (χ0) is 9.84. The fraction of sp³-hybridized carbons (Fsp3) is 0.889. The van der Waals surface area contributed by atoms with E-state index in [0.717, 1.165) is 19.5 Å². The maximum Gasteiger partial charge on any atom is 0.236 e. The predicted molar refractivity (Wildman–Crippen MR) is 52.3 cm³/mol. The van der Waals surface area contributed by atoms with Crippen molar-refractivity contribution in [3.63, 3.8) is 0 Å². The molecule has 76 valence electrons. The number of nitrogens with two attached hydrogens (primary N) is 1. The molecule has 1 aliphatic heterocycles. The van der Waals surface area contributed by atoms with Crippen molar-refractivity contribution in [1.29, 1.82) is 0 Å². The van der Waals surface area contributed by atoms with Crippen molar-refractivity contribution in [3.05, 3.63) is 0 Å². The Morgan fingerprint density at radius 1 is 1.62 bits per heavy atom. The van der Waals surface area contributed by atoms with E-state index in [1.54, 1.807) is 0 Å². The number of carbonyl (C=O) groups excluding carboxylic acids is 1. The lowest BCUT2D eigenvalue weighted by Gasteiger charge is -2.38. The minimum atomic E-state index is 0.214. The Kier molecular flexibility index (Phi) is 3.69. The number of carbonyl (C=O) groups is 1. The van der Waals surface area contributed by atoms with Crippen LogP contribution >= 0.6 is 0 Å². The maximum absolute atomic E-state index is 11.5. The van der Waals surface area contributed by atoms with Gasteiger partial charge < -0.3 is 10.6 Å². The second-order valence-corrected chi connectivity index (χ2v) is 3.56. The Balaban J connectivity index is 2.55. The molecule has 0 saturated carbocycles. The molecule has 13 heavy (non-hydrogen) atoms. The van der Waals surface area contributed by atoms with Crippen LogP contribution in [0.3, 0.4) is 0 Å².